The van der Waals surface area contributed by atoms with Gasteiger partial charge in [0.15, 0.2) is 0 Å². The van der Waals surface area contributed by atoms with Gasteiger partial charge >= 0.3 is 0 Å². The van der Waals surface area contributed by atoms with Gasteiger partial charge < -0.3 is 4.74 Å². The van der Waals surface area contributed by atoms with Crippen molar-refractivity contribution in [2.75, 3.05) is 20.2 Å². The molecule has 1 aliphatic rings. The zero-order valence-corrected chi connectivity index (χ0v) is 14.7. The first-order chi connectivity index (χ1) is 9.72. The van der Waals surface area contributed by atoms with E-state index in [1.807, 2.05) is 0 Å². The Balaban J connectivity index is 0.00000220. The Labute approximate surface area is 136 Å². The fourth-order valence-electron chi connectivity index (χ4n) is 3.73. The molecule has 0 saturated carbocycles. The van der Waals surface area contributed by atoms with Crippen LogP contribution in [0.5, 0.6) is 5.75 Å². The van der Waals surface area contributed by atoms with Crippen LogP contribution in [-0.4, -0.2) is 31.1 Å². The van der Waals surface area contributed by atoms with Crippen molar-refractivity contribution >= 4 is 12.4 Å². The van der Waals surface area contributed by atoms with E-state index in [4.69, 9.17) is 4.74 Å². The molecule has 2 rings (SSSR count). The van der Waals surface area contributed by atoms with Gasteiger partial charge in [-0.15, -0.1) is 12.4 Å². The quantitative estimate of drug-likeness (QED) is 0.757. The molecule has 0 bridgehead atoms. The van der Waals surface area contributed by atoms with Gasteiger partial charge in [-0.25, -0.2) is 0 Å². The molecule has 0 N–H and O–H groups in total. The fourth-order valence-corrected chi connectivity index (χ4v) is 3.73. The van der Waals surface area contributed by atoms with Gasteiger partial charge in [-0.2, -0.15) is 0 Å². The summed E-state index contributed by atoms with van der Waals surface area (Å²) in [7, 11) is 1.78. The van der Waals surface area contributed by atoms with Crippen molar-refractivity contribution < 1.29 is 4.74 Å². The Hall–Kier alpha value is -0.730. The van der Waals surface area contributed by atoms with Gasteiger partial charge in [0.05, 0.1) is 7.11 Å². The lowest BCUT2D eigenvalue weighted by Gasteiger charge is -2.40. The number of halogens is 1. The summed E-state index contributed by atoms with van der Waals surface area (Å²) in [6.07, 6.45) is 4.90. The van der Waals surface area contributed by atoms with Crippen molar-refractivity contribution in [3.8, 4) is 5.75 Å². The molecule has 0 unspecified atom stereocenters. The summed E-state index contributed by atoms with van der Waals surface area (Å²) in [5.74, 6) is 1.68. The van der Waals surface area contributed by atoms with Gasteiger partial charge in [0.1, 0.15) is 5.75 Å². The minimum atomic E-state index is 0. The van der Waals surface area contributed by atoms with E-state index in [9.17, 15) is 0 Å². The third kappa shape index (κ3) is 3.92. The Morgan fingerprint density at radius 3 is 2.43 bits per heavy atom. The average Bonchev–Trinajstić information content (AvgIpc) is 2.47. The largest absolute Gasteiger partial charge is 0.496 e. The number of hydrogen-bond acceptors (Lipinski definition) is 2. The molecule has 2 nitrogen and oxygen atoms in total. The standard InChI is InChI=1S/C18H29NO.ClH/c1-5-12-19(13-6-2)17-11-10-16-15(14(17)3)8-7-9-18(16)20-4;/h7-9,14,17H,5-6,10-13H2,1-4H3;1H/t14-,17+;/m1./s1. The SMILES string of the molecule is CCCN(CCC)[C@H]1CCc2c(OC)cccc2[C@H]1C.Cl. The number of ether oxygens (including phenoxy) is 1. The molecule has 0 radical (unpaired) electrons. The van der Waals surface area contributed by atoms with Crippen LogP contribution in [0.1, 0.15) is 57.1 Å². The lowest BCUT2D eigenvalue weighted by atomic mass is 9.79. The van der Waals surface area contributed by atoms with Crippen molar-refractivity contribution in [1.29, 1.82) is 0 Å². The van der Waals surface area contributed by atoms with E-state index in [1.54, 1.807) is 7.11 Å². The summed E-state index contributed by atoms with van der Waals surface area (Å²) in [5.41, 5.74) is 2.93. The van der Waals surface area contributed by atoms with Crippen LogP contribution in [-0.2, 0) is 6.42 Å². The molecule has 1 aromatic carbocycles. The van der Waals surface area contributed by atoms with Crippen LogP contribution >= 0.6 is 12.4 Å². The number of hydrogen-bond donors (Lipinski definition) is 0. The predicted molar refractivity (Wildman–Crippen MR) is 92.9 cm³/mol. The number of rotatable bonds is 6. The van der Waals surface area contributed by atoms with Crippen LogP contribution in [0, 0.1) is 0 Å². The third-order valence-corrected chi connectivity index (χ3v) is 4.64. The highest BCUT2D eigenvalue weighted by molar-refractivity contribution is 5.85. The van der Waals surface area contributed by atoms with Crippen molar-refractivity contribution in [3.05, 3.63) is 29.3 Å². The molecule has 0 fully saturated rings. The van der Waals surface area contributed by atoms with Crippen LogP contribution in [0.2, 0.25) is 0 Å². The molecule has 21 heavy (non-hydrogen) atoms. The maximum atomic E-state index is 5.54. The molecule has 1 aliphatic carbocycles. The maximum Gasteiger partial charge on any atom is 0.122 e. The molecule has 0 amide bonds. The Bertz CT molecular complexity index is 429. The van der Waals surface area contributed by atoms with Gasteiger partial charge in [0, 0.05) is 6.04 Å². The van der Waals surface area contributed by atoms with E-state index in [0.29, 0.717) is 12.0 Å². The summed E-state index contributed by atoms with van der Waals surface area (Å²) >= 11 is 0. The van der Waals surface area contributed by atoms with Gasteiger partial charge in [0.25, 0.3) is 0 Å². The summed E-state index contributed by atoms with van der Waals surface area (Å²) in [6.45, 7) is 9.41. The second-order valence-electron chi connectivity index (χ2n) is 5.96. The molecule has 0 saturated heterocycles. The first kappa shape index (κ1) is 18.3. The summed E-state index contributed by atoms with van der Waals surface area (Å²) in [6, 6.07) is 7.22. The van der Waals surface area contributed by atoms with E-state index in [0.717, 1.165) is 12.2 Å². The smallest absolute Gasteiger partial charge is 0.122 e. The van der Waals surface area contributed by atoms with Gasteiger partial charge in [-0.3, -0.25) is 4.90 Å². The van der Waals surface area contributed by atoms with E-state index in [2.05, 4.69) is 43.9 Å². The molecule has 1 aromatic rings. The molecule has 0 spiro atoms. The molecular weight excluding hydrogens is 282 g/mol. The highest BCUT2D eigenvalue weighted by Gasteiger charge is 2.31. The van der Waals surface area contributed by atoms with Gasteiger partial charge in [0.2, 0.25) is 0 Å². The normalized spacial score (nSPS) is 20.8. The number of methoxy groups -OCH3 is 1. The van der Waals surface area contributed by atoms with Crippen molar-refractivity contribution in [2.24, 2.45) is 0 Å². The monoisotopic (exact) mass is 311 g/mol. The second kappa shape index (κ2) is 8.65. The van der Waals surface area contributed by atoms with Crippen molar-refractivity contribution in [2.45, 2.75) is 58.4 Å². The zero-order valence-electron chi connectivity index (χ0n) is 13.9. The first-order valence-corrected chi connectivity index (χ1v) is 8.12. The highest BCUT2D eigenvalue weighted by atomic mass is 35.5. The fraction of sp³-hybridized carbons (Fsp3) is 0.667. The minimum absolute atomic E-state index is 0. The molecule has 0 heterocycles. The van der Waals surface area contributed by atoms with E-state index >= 15 is 0 Å². The molecular formula is C18H30ClNO. The van der Waals surface area contributed by atoms with Crippen LogP contribution < -0.4 is 4.74 Å². The summed E-state index contributed by atoms with van der Waals surface area (Å²) in [4.78, 5) is 2.70. The molecule has 120 valence electrons. The third-order valence-electron chi connectivity index (χ3n) is 4.64. The molecule has 0 aliphatic heterocycles. The van der Waals surface area contributed by atoms with Crippen LogP contribution in [0.25, 0.3) is 0 Å². The lowest BCUT2D eigenvalue weighted by Crippen LogP contribution is -2.42. The Morgan fingerprint density at radius 2 is 1.86 bits per heavy atom. The van der Waals surface area contributed by atoms with Gasteiger partial charge in [-0.1, -0.05) is 32.9 Å². The highest BCUT2D eigenvalue weighted by Crippen LogP contribution is 2.38. The predicted octanol–water partition coefficient (Wildman–Crippen LogP) is 4.66. The number of nitrogens with zero attached hydrogens (tertiary/aromatic N) is 1. The summed E-state index contributed by atoms with van der Waals surface area (Å²) < 4.78 is 5.54. The Kier molecular flexibility index (Phi) is 7.55. The first-order valence-electron chi connectivity index (χ1n) is 8.12. The zero-order chi connectivity index (χ0) is 14.5. The van der Waals surface area contributed by atoms with Crippen LogP contribution in [0.4, 0.5) is 0 Å². The minimum Gasteiger partial charge on any atom is -0.496 e. The second-order valence-corrected chi connectivity index (χ2v) is 5.96. The van der Waals surface area contributed by atoms with Crippen LogP contribution in [0.3, 0.4) is 0 Å². The lowest BCUT2D eigenvalue weighted by molar-refractivity contribution is 0.158. The van der Waals surface area contributed by atoms with Gasteiger partial charge in [-0.05, 0) is 61.9 Å². The maximum absolute atomic E-state index is 5.54. The number of benzene rings is 1. The average molecular weight is 312 g/mol. The molecule has 2 atom stereocenters. The topological polar surface area (TPSA) is 12.5 Å². The van der Waals surface area contributed by atoms with Crippen molar-refractivity contribution in [3.63, 3.8) is 0 Å². The number of fused-ring (bicyclic) bond motifs is 1. The van der Waals surface area contributed by atoms with E-state index in [-0.39, 0.29) is 12.4 Å². The van der Waals surface area contributed by atoms with E-state index < -0.39 is 0 Å². The molecule has 3 heteroatoms. The molecule has 0 aromatic heterocycles. The van der Waals surface area contributed by atoms with Crippen molar-refractivity contribution in [1.82, 2.24) is 4.90 Å². The Morgan fingerprint density at radius 1 is 1.19 bits per heavy atom. The van der Waals surface area contributed by atoms with E-state index in [1.165, 1.54) is 43.5 Å². The van der Waals surface area contributed by atoms with Crippen LogP contribution in [0.15, 0.2) is 18.2 Å². The summed E-state index contributed by atoms with van der Waals surface area (Å²) in [5, 5.41) is 0.